The Bertz CT molecular complexity index is 387. The zero-order valence-electron chi connectivity index (χ0n) is 17.5. The summed E-state index contributed by atoms with van der Waals surface area (Å²) in [5.41, 5.74) is 0. The maximum Gasteiger partial charge on any atom is 1.00 e. The Labute approximate surface area is 205 Å². The van der Waals surface area contributed by atoms with E-state index in [2.05, 4.69) is 6.92 Å². The van der Waals surface area contributed by atoms with Gasteiger partial charge in [-0.1, -0.05) is 90.9 Å². The van der Waals surface area contributed by atoms with Gasteiger partial charge in [0.2, 0.25) is 0 Å². The van der Waals surface area contributed by atoms with Crippen molar-refractivity contribution in [2.75, 3.05) is 0 Å². The minimum Gasteiger partial charge on any atom is -0.748 e. The second-order valence-electron chi connectivity index (χ2n) is 7.46. The van der Waals surface area contributed by atoms with E-state index in [9.17, 15) is 18.1 Å². The summed E-state index contributed by atoms with van der Waals surface area (Å²) in [5, 5.41) is 9.19. The van der Waals surface area contributed by atoms with Crippen molar-refractivity contribution in [2.45, 2.75) is 128 Å². The van der Waals surface area contributed by atoms with Gasteiger partial charge < -0.3 is 9.66 Å². The second-order valence-corrected chi connectivity index (χ2v) is 9.11. The first-order chi connectivity index (χ1) is 11.9. The van der Waals surface area contributed by atoms with Gasteiger partial charge in [0.05, 0.1) is 16.2 Å². The molecular formula is C20H41KO4S. The maximum absolute atomic E-state index is 11.3. The smallest absolute Gasteiger partial charge is 0.748 e. The van der Waals surface area contributed by atoms with Crippen LogP contribution in [0.3, 0.4) is 0 Å². The van der Waals surface area contributed by atoms with Crippen molar-refractivity contribution >= 4 is 10.1 Å². The van der Waals surface area contributed by atoms with Crippen LogP contribution in [-0.4, -0.2) is 29.4 Å². The topological polar surface area (TPSA) is 77.4 Å². The number of unbranched alkanes of at least 4 members (excludes halogenated alkanes) is 10. The normalized spacial score (nSPS) is 14.0. The van der Waals surface area contributed by atoms with Gasteiger partial charge in [0.1, 0.15) is 0 Å². The summed E-state index contributed by atoms with van der Waals surface area (Å²) in [6, 6.07) is 0. The Morgan fingerprint density at radius 3 is 1.62 bits per heavy atom. The van der Waals surface area contributed by atoms with Crippen LogP contribution in [0.5, 0.6) is 0 Å². The van der Waals surface area contributed by atoms with E-state index in [-0.39, 0.29) is 51.4 Å². The molecule has 0 saturated heterocycles. The van der Waals surface area contributed by atoms with Crippen molar-refractivity contribution in [2.24, 2.45) is 0 Å². The summed E-state index contributed by atoms with van der Waals surface area (Å²) < 4.78 is 33.8. The summed E-state index contributed by atoms with van der Waals surface area (Å²) in [6.07, 6.45) is 15.6. The van der Waals surface area contributed by atoms with Crippen LogP contribution in [0.1, 0.15) is 117 Å². The van der Waals surface area contributed by atoms with E-state index in [1.807, 2.05) is 6.92 Å². The molecule has 152 valence electrons. The number of hydrogen-bond donors (Lipinski definition) is 1. The molecule has 2 unspecified atom stereocenters. The van der Waals surface area contributed by atoms with Crippen molar-refractivity contribution in [1.29, 1.82) is 0 Å². The molecule has 4 nitrogen and oxygen atoms in total. The molecule has 0 amide bonds. The van der Waals surface area contributed by atoms with Crippen LogP contribution in [0, 0.1) is 0 Å². The van der Waals surface area contributed by atoms with Gasteiger partial charge in [-0.05, 0) is 25.7 Å². The van der Waals surface area contributed by atoms with E-state index < -0.39 is 21.5 Å². The summed E-state index contributed by atoms with van der Waals surface area (Å²) in [6.45, 7) is 4.22. The third-order valence-corrected chi connectivity index (χ3v) is 6.29. The zero-order chi connectivity index (χ0) is 19.0. The van der Waals surface area contributed by atoms with Crippen molar-refractivity contribution in [3.8, 4) is 0 Å². The van der Waals surface area contributed by atoms with Crippen molar-refractivity contribution in [3.05, 3.63) is 0 Å². The van der Waals surface area contributed by atoms with E-state index >= 15 is 0 Å². The quantitative estimate of drug-likeness (QED) is 0.212. The predicted molar refractivity (Wildman–Crippen MR) is 105 cm³/mol. The SMILES string of the molecule is CCCCCCCCCCCCC(O)CCC(CCCC)S(=O)(=O)[O-].[K+]. The summed E-state index contributed by atoms with van der Waals surface area (Å²) in [4.78, 5) is 0. The molecule has 0 bridgehead atoms. The average Bonchev–Trinajstić information content (AvgIpc) is 2.55. The molecule has 0 aliphatic carbocycles. The Morgan fingerprint density at radius 1 is 0.692 bits per heavy atom. The van der Waals surface area contributed by atoms with Crippen LogP contribution in [0.4, 0.5) is 0 Å². The fourth-order valence-electron chi connectivity index (χ4n) is 3.25. The molecule has 0 rings (SSSR count). The van der Waals surface area contributed by atoms with Crippen molar-refractivity contribution in [3.63, 3.8) is 0 Å². The van der Waals surface area contributed by atoms with E-state index in [0.29, 0.717) is 19.3 Å². The molecule has 0 aromatic carbocycles. The molecule has 1 N–H and O–H groups in total. The van der Waals surface area contributed by atoms with E-state index in [1.54, 1.807) is 0 Å². The predicted octanol–water partition coefficient (Wildman–Crippen LogP) is 2.55. The first-order valence-corrected chi connectivity index (χ1v) is 12.0. The van der Waals surface area contributed by atoms with Gasteiger partial charge in [-0.25, -0.2) is 8.42 Å². The minimum absolute atomic E-state index is 0. The molecule has 0 spiro atoms. The number of rotatable bonds is 18. The molecule has 26 heavy (non-hydrogen) atoms. The van der Waals surface area contributed by atoms with Gasteiger partial charge in [-0.15, -0.1) is 0 Å². The molecule has 0 saturated carbocycles. The number of aliphatic hydroxyl groups excluding tert-OH is 1. The van der Waals surface area contributed by atoms with Crippen molar-refractivity contribution < 1.29 is 69.5 Å². The van der Waals surface area contributed by atoms with Crippen LogP contribution in [0.25, 0.3) is 0 Å². The van der Waals surface area contributed by atoms with E-state index in [1.165, 1.54) is 51.4 Å². The van der Waals surface area contributed by atoms with Crippen LogP contribution in [-0.2, 0) is 10.1 Å². The summed E-state index contributed by atoms with van der Waals surface area (Å²) in [7, 11) is -4.24. The third-order valence-electron chi connectivity index (χ3n) is 5.00. The van der Waals surface area contributed by atoms with E-state index in [4.69, 9.17) is 0 Å². The van der Waals surface area contributed by atoms with E-state index in [0.717, 1.165) is 32.1 Å². The fourth-order valence-corrected chi connectivity index (χ4v) is 4.13. The Balaban J connectivity index is 0. The molecule has 0 aliphatic heterocycles. The first kappa shape index (κ1) is 29.7. The Kier molecular flexibility index (Phi) is 22.6. The molecule has 0 heterocycles. The Hall–Kier alpha value is 1.51. The Morgan fingerprint density at radius 2 is 1.15 bits per heavy atom. The molecule has 0 aromatic rings. The first-order valence-electron chi connectivity index (χ1n) is 10.5. The standard InChI is InChI=1S/C20H42O4S.K/c1-3-5-7-8-9-10-11-12-13-14-15-19(21)17-18-20(16-6-4-2)25(22,23)24;/h19-21H,3-18H2,1-2H3,(H,22,23,24);/q;+1/p-1. The van der Waals surface area contributed by atoms with Crippen LogP contribution >= 0.6 is 0 Å². The van der Waals surface area contributed by atoms with Gasteiger partial charge in [-0.3, -0.25) is 0 Å². The molecular weight excluding hydrogens is 375 g/mol. The molecule has 0 fully saturated rings. The van der Waals surface area contributed by atoms with Gasteiger partial charge >= 0.3 is 51.4 Å². The number of hydrogen-bond acceptors (Lipinski definition) is 4. The molecule has 0 aliphatic rings. The number of aliphatic hydroxyl groups is 1. The van der Waals surface area contributed by atoms with Gasteiger partial charge in [-0.2, -0.15) is 0 Å². The minimum atomic E-state index is -4.24. The molecule has 0 radical (unpaired) electrons. The van der Waals surface area contributed by atoms with Crippen LogP contribution in [0.2, 0.25) is 0 Å². The van der Waals surface area contributed by atoms with Crippen LogP contribution in [0.15, 0.2) is 0 Å². The molecule has 2 atom stereocenters. The summed E-state index contributed by atoms with van der Waals surface area (Å²) >= 11 is 0. The maximum atomic E-state index is 11.3. The van der Waals surface area contributed by atoms with Crippen molar-refractivity contribution in [1.82, 2.24) is 0 Å². The molecule has 0 aromatic heterocycles. The fraction of sp³-hybridized carbons (Fsp3) is 1.00. The average molecular weight is 417 g/mol. The van der Waals surface area contributed by atoms with Gasteiger partial charge in [0.15, 0.2) is 0 Å². The third kappa shape index (κ3) is 18.9. The van der Waals surface area contributed by atoms with Gasteiger partial charge in [0.25, 0.3) is 0 Å². The summed E-state index contributed by atoms with van der Waals surface area (Å²) in [5.74, 6) is 0. The van der Waals surface area contributed by atoms with Gasteiger partial charge in [0, 0.05) is 5.25 Å². The largest absolute Gasteiger partial charge is 1.00 e. The molecule has 6 heteroatoms. The van der Waals surface area contributed by atoms with Crippen LogP contribution < -0.4 is 51.4 Å². The second kappa shape index (κ2) is 19.8. The monoisotopic (exact) mass is 416 g/mol. The zero-order valence-corrected chi connectivity index (χ0v) is 21.5.